The van der Waals surface area contributed by atoms with Crippen molar-refractivity contribution in [1.29, 1.82) is 0 Å². The van der Waals surface area contributed by atoms with Crippen molar-refractivity contribution in [3.8, 4) is 5.75 Å². The molecular formula is C29H26ClN3O2. The molecule has 0 spiro atoms. The van der Waals surface area contributed by atoms with Crippen LogP contribution in [0.25, 0.3) is 10.8 Å². The molecule has 1 heterocycles. The molecule has 4 aromatic rings. The van der Waals surface area contributed by atoms with Crippen molar-refractivity contribution < 1.29 is 9.53 Å². The van der Waals surface area contributed by atoms with Crippen molar-refractivity contribution in [2.45, 2.75) is 19.0 Å². The summed E-state index contributed by atoms with van der Waals surface area (Å²) < 4.78 is 5.31. The van der Waals surface area contributed by atoms with Crippen molar-refractivity contribution in [2.75, 3.05) is 13.7 Å². The molecule has 0 aromatic heterocycles. The fourth-order valence-electron chi connectivity index (χ4n) is 4.41. The highest BCUT2D eigenvalue weighted by molar-refractivity contribution is 6.30. The molecule has 1 aliphatic rings. The van der Waals surface area contributed by atoms with Crippen LogP contribution >= 0.6 is 11.6 Å². The van der Waals surface area contributed by atoms with E-state index in [9.17, 15) is 4.79 Å². The molecule has 0 bridgehead atoms. The molecule has 0 saturated carbocycles. The summed E-state index contributed by atoms with van der Waals surface area (Å²) in [6.07, 6.45) is 0.644. The van der Waals surface area contributed by atoms with E-state index >= 15 is 0 Å². The Labute approximate surface area is 210 Å². The standard InChI is InChI=1S/C29H26ClN3O2/c1-35-26-13-11-22(12-14-26)28-17-27(24-10-9-21-6-2-3-7-23(21)16-24)32-33(28)29(34)19-31-18-20-5-4-8-25(30)15-20/h2-16,28,31H,17-19H2,1H3/t28-/m1/s1. The summed E-state index contributed by atoms with van der Waals surface area (Å²) in [5, 5.41) is 12.7. The maximum Gasteiger partial charge on any atom is 0.257 e. The van der Waals surface area contributed by atoms with E-state index in [1.54, 1.807) is 12.1 Å². The largest absolute Gasteiger partial charge is 0.497 e. The fourth-order valence-corrected chi connectivity index (χ4v) is 4.62. The summed E-state index contributed by atoms with van der Waals surface area (Å²) in [4.78, 5) is 13.3. The third kappa shape index (κ3) is 5.21. The first kappa shape index (κ1) is 23.1. The molecule has 0 saturated heterocycles. The van der Waals surface area contributed by atoms with E-state index in [0.29, 0.717) is 18.0 Å². The lowest BCUT2D eigenvalue weighted by Gasteiger charge is -2.22. The monoisotopic (exact) mass is 483 g/mol. The van der Waals surface area contributed by atoms with Gasteiger partial charge in [-0.05, 0) is 57.8 Å². The van der Waals surface area contributed by atoms with Gasteiger partial charge in [-0.3, -0.25) is 4.79 Å². The first-order valence-corrected chi connectivity index (χ1v) is 12.0. The number of amides is 1. The van der Waals surface area contributed by atoms with Crippen molar-refractivity contribution >= 4 is 34.0 Å². The predicted octanol–water partition coefficient (Wildman–Crippen LogP) is 5.97. The van der Waals surface area contributed by atoms with Crippen molar-refractivity contribution in [3.05, 3.63) is 113 Å². The highest BCUT2D eigenvalue weighted by Crippen LogP contribution is 2.34. The maximum atomic E-state index is 13.3. The van der Waals surface area contributed by atoms with Crippen LogP contribution in [0.2, 0.25) is 5.02 Å². The molecule has 176 valence electrons. The molecule has 5 nitrogen and oxygen atoms in total. The van der Waals surface area contributed by atoms with Gasteiger partial charge in [0.25, 0.3) is 5.91 Å². The Morgan fingerprint density at radius 3 is 2.57 bits per heavy atom. The zero-order chi connectivity index (χ0) is 24.2. The van der Waals surface area contributed by atoms with Gasteiger partial charge in [-0.15, -0.1) is 0 Å². The summed E-state index contributed by atoms with van der Waals surface area (Å²) in [5.74, 6) is 0.701. The van der Waals surface area contributed by atoms with Gasteiger partial charge in [-0.25, -0.2) is 5.01 Å². The lowest BCUT2D eigenvalue weighted by Crippen LogP contribution is -2.35. The van der Waals surface area contributed by atoms with Crippen molar-refractivity contribution in [3.63, 3.8) is 0 Å². The maximum absolute atomic E-state index is 13.3. The van der Waals surface area contributed by atoms with Crippen LogP contribution in [0.1, 0.15) is 29.2 Å². The van der Waals surface area contributed by atoms with Crippen LogP contribution in [0, 0.1) is 0 Å². The highest BCUT2D eigenvalue weighted by atomic mass is 35.5. The number of halogens is 1. The third-order valence-electron chi connectivity index (χ3n) is 6.24. The van der Waals surface area contributed by atoms with E-state index < -0.39 is 0 Å². The summed E-state index contributed by atoms with van der Waals surface area (Å²) in [6.45, 7) is 0.724. The van der Waals surface area contributed by atoms with Gasteiger partial charge in [0.2, 0.25) is 0 Å². The number of rotatable bonds is 7. The molecule has 1 aliphatic heterocycles. The van der Waals surface area contributed by atoms with Crippen molar-refractivity contribution in [2.24, 2.45) is 5.10 Å². The summed E-state index contributed by atoms with van der Waals surface area (Å²) in [7, 11) is 1.65. The number of benzene rings is 4. The first-order valence-electron chi connectivity index (χ1n) is 11.6. The van der Waals surface area contributed by atoms with Crippen LogP contribution in [-0.4, -0.2) is 30.3 Å². The average molecular weight is 484 g/mol. The molecule has 0 aliphatic carbocycles. The van der Waals surface area contributed by atoms with E-state index in [1.165, 1.54) is 5.39 Å². The first-order chi connectivity index (χ1) is 17.1. The Morgan fingerprint density at radius 2 is 1.80 bits per heavy atom. The number of hydrazone groups is 1. The van der Waals surface area contributed by atoms with Crippen LogP contribution in [0.4, 0.5) is 0 Å². The number of hydrogen-bond donors (Lipinski definition) is 1. The van der Waals surface area contributed by atoms with Gasteiger partial charge < -0.3 is 10.1 Å². The predicted molar refractivity (Wildman–Crippen MR) is 141 cm³/mol. The number of ether oxygens (including phenoxy) is 1. The van der Waals surface area contributed by atoms with Gasteiger partial charge in [-0.1, -0.05) is 72.3 Å². The lowest BCUT2D eigenvalue weighted by molar-refractivity contribution is -0.132. The second kappa shape index (κ2) is 10.3. The Kier molecular flexibility index (Phi) is 6.80. The number of methoxy groups -OCH3 is 1. The Hall–Kier alpha value is -3.67. The van der Waals surface area contributed by atoms with Crippen LogP contribution in [-0.2, 0) is 11.3 Å². The second-order valence-electron chi connectivity index (χ2n) is 8.57. The minimum absolute atomic E-state index is 0.0800. The molecular weight excluding hydrogens is 458 g/mol. The van der Waals surface area contributed by atoms with Crippen molar-refractivity contribution in [1.82, 2.24) is 10.3 Å². The molecule has 1 atom stereocenters. The minimum Gasteiger partial charge on any atom is -0.497 e. The van der Waals surface area contributed by atoms with Gasteiger partial charge in [0.1, 0.15) is 5.75 Å². The third-order valence-corrected chi connectivity index (χ3v) is 6.48. The normalized spacial score (nSPS) is 15.3. The smallest absolute Gasteiger partial charge is 0.257 e. The quantitative estimate of drug-likeness (QED) is 0.352. The van der Waals surface area contributed by atoms with Crippen LogP contribution < -0.4 is 10.1 Å². The molecule has 0 unspecified atom stereocenters. The number of nitrogens with one attached hydrogen (secondary N) is 1. The number of nitrogens with zero attached hydrogens (tertiary/aromatic N) is 2. The van der Waals surface area contributed by atoms with E-state index in [0.717, 1.165) is 33.5 Å². The second-order valence-corrected chi connectivity index (χ2v) is 9.01. The molecule has 1 amide bonds. The van der Waals surface area contributed by atoms with E-state index in [4.69, 9.17) is 21.4 Å². The SMILES string of the molecule is COc1ccc([C@H]2CC(c3ccc4ccccc4c3)=NN2C(=O)CNCc2cccc(Cl)c2)cc1. The van der Waals surface area contributed by atoms with Gasteiger partial charge in [-0.2, -0.15) is 5.10 Å². The lowest BCUT2D eigenvalue weighted by atomic mass is 9.97. The Balaban J connectivity index is 1.38. The number of fused-ring (bicyclic) bond motifs is 1. The van der Waals surface area contributed by atoms with E-state index in [1.807, 2.05) is 60.7 Å². The van der Waals surface area contributed by atoms with Gasteiger partial charge in [0, 0.05) is 18.0 Å². The molecule has 5 rings (SSSR count). The molecule has 0 radical (unpaired) electrons. The zero-order valence-corrected chi connectivity index (χ0v) is 20.2. The van der Waals surface area contributed by atoms with Crippen LogP contribution in [0.15, 0.2) is 96.1 Å². The summed E-state index contributed by atoms with van der Waals surface area (Å²) in [5.41, 5.74) is 3.98. The van der Waals surface area contributed by atoms with Gasteiger partial charge in [0.15, 0.2) is 0 Å². The Morgan fingerprint density at radius 1 is 1.00 bits per heavy atom. The molecule has 6 heteroatoms. The fraction of sp³-hybridized carbons (Fsp3) is 0.172. The minimum atomic E-state index is -0.178. The van der Waals surface area contributed by atoms with Crippen LogP contribution in [0.3, 0.4) is 0 Å². The molecule has 0 fully saturated rings. The molecule has 1 N–H and O–H groups in total. The highest BCUT2D eigenvalue weighted by Gasteiger charge is 2.33. The summed E-state index contributed by atoms with van der Waals surface area (Å²) in [6, 6.07) is 29.9. The van der Waals surface area contributed by atoms with E-state index in [-0.39, 0.29) is 18.5 Å². The topological polar surface area (TPSA) is 53.9 Å². The number of hydrogen-bond acceptors (Lipinski definition) is 4. The average Bonchev–Trinajstić information content (AvgIpc) is 3.34. The molecule has 4 aromatic carbocycles. The summed E-state index contributed by atoms with van der Waals surface area (Å²) >= 11 is 6.08. The number of carbonyl (C=O) groups excluding carboxylic acids is 1. The molecule has 35 heavy (non-hydrogen) atoms. The van der Waals surface area contributed by atoms with Gasteiger partial charge >= 0.3 is 0 Å². The van der Waals surface area contributed by atoms with E-state index in [2.05, 4.69) is 35.6 Å². The Bertz CT molecular complexity index is 1380. The van der Waals surface area contributed by atoms with Crippen LogP contribution in [0.5, 0.6) is 5.75 Å². The number of carbonyl (C=O) groups is 1. The zero-order valence-electron chi connectivity index (χ0n) is 19.4. The van der Waals surface area contributed by atoms with Gasteiger partial charge in [0.05, 0.1) is 25.4 Å².